The first-order valence-corrected chi connectivity index (χ1v) is 14.8. The number of rotatable bonds is 5. The zero-order chi connectivity index (χ0) is 29.9. The van der Waals surface area contributed by atoms with Crippen LogP contribution in [0.2, 0.25) is 0 Å². The lowest BCUT2D eigenvalue weighted by atomic mass is 9.80. The Morgan fingerprint density at radius 2 is 1.30 bits per heavy atom. The van der Waals surface area contributed by atoms with Gasteiger partial charge >= 0.3 is 0 Å². The van der Waals surface area contributed by atoms with E-state index in [1.54, 1.807) is 0 Å². The Labute approximate surface area is 244 Å². The smallest absolute Gasteiger partial charge is 0.183 e. The molecular weight excluding hydrogens is 488 g/mol. The van der Waals surface area contributed by atoms with E-state index in [1.165, 1.54) is 22.3 Å². The second kappa shape index (κ2) is 12.2. The Bertz CT molecular complexity index is 1250. The van der Waals surface area contributed by atoms with E-state index in [0.717, 1.165) is 22.8 Å². The molecule has 3 heteroatoms. The third-order valence-electron chi connectivity index (χ3n) is 7.39. The van der Waals surface area contributed by atoms with Gasteiger partial charge in [-0.25, -0.2) is 0 Å². The molecule has 3 aromatic carbocycles. The first kappa shape index (κ1) is 31.5. The molecule has 216 valence electrons. The topological polar surface area (TPSA) is 33.6 Å². The van der Waals surface area contributed by atoms with E-state index in [9.17, 15) is 0 Å². The number of aliphatic imine (C=N–C) groups is 1. The van der Waals surface area contributed by atoms with Crippen molar-refractivity contribution >= 4 is 17.1 Å². The summed E-state index contributed by atoms with van der Waals surface area (Å²) in [6.45, 7) is 26.8. The summed E-state index contributed by atoms with van der Waals surface area (Å²) in [6, 6.07) is 23.2. The summed E-state index contributed by atoms with van der Waals surface area (Å²) in [5, 5.41) is 3.72. The van der Waals surface area contributed by atoms with Gasteiger partial charge in [-0.3, -0.25) is 4.99 Å². The standard InChI is InChI=1S/C31H46N2O.C6H6/c1-19(2)23-14-13-15-24(20(3)4)27(23)32-21(5)18-31(12)33-26-17-22(29(6,7)8)16-25(28(26)34-31)30(9,10)11;1-2-4-6-5-3-1/h13-17,19-20,33H,18H2,1-12H3;1-6H/t31-;/m0./s1. The number of hydrogen-bond acceptors (Lipinski definition) is 3. The average Bonchev–Trinajstić information content (AvgIpc) is 3.18. The van der Waals surface area contributed by atoms with Gasteiger partial charge in [-0.1, -0.05) is 130 Å². The number of benzene rings is 3. The molecule has 3 aromatic rings. The van der Waals surface area contributed by atoms with Gasteiger partial charge < -0.3 is 10.1 Å². The molecule has 1 aliphatic heterocycles. The van der Waals surface area contributed by atoms with Crippen LogP contribution in [0.25, 0.3) is 0 Å². The van der Waals surface area contributed by atoms with E-state index in [-0.39, 0.29) is 10.8 Å². The highest BCUT2D eigenvalue weighted by molar-refractivity contribution is 5.87. The van der Waals surface area contributed by atoms with Gasteiger partial charge in [0.05, 0.1) is 11.4 Å². The number of ether oxygens (including phenoxy) is 1. The predicted octanol–water partition coefficient (Wildman–Crippen LogP) is 10.9. The predicted molar refractivity (Wildman–Crippen MR) is 175 cm³/mol. The van der Waals surface area contributed by atoms with Gasteiger partial charge in [-0.15, -0.1) is 0 Å². The zero-order valence-corrected chi connectivity index (χ0v) is 27.1. The fourth-order valence-electron chi connectivity index (χ4n) is 5.18. The van der Waals surface area contributed by atoms with Crippen molar-refractivity contribution < 1.29 is 4.74 Å². The number of anilines is 1. The number of fused-ring (bicyclic) bond motifs is 1. The summed E-state index contributed by atoms with van der Waals surface area (Å²) in [6.07, 6.45) is 0.708. The molecule has 1 N–H and O–H groups in total. The number of nitrogens with zero attached hydrogens (tertiary/aromatic N) is 1. The minimum atomic E-state index is -0.531. The summed E-state index contributed by atoms with van der Waals surface area (Å²) in [5.74, 6) is 1.84. The summed E-state index contributed by atoms with van der Waals surface area (Å²) in [7, 11) is 0. The van der Waals surface area contributed by atoms with Gasteiger partial charge in [0.25, 0.3) is 0 Å². The van der Waals surface area contributed by atoms with Crippen LogP contribution in [0.1, 0.15) is 124 Å². The van der Waals surface area contributed by atoms with Crippen molar-refractivity contribution in [3.05, 3.63) is 89.0 Å². The van der Waals surface area contributed by atoms with Gasteiger partial charge in [-0.2, -0.15) is 0 Å². The first-order valence-electron chi connectivity index (χ1n) is 14.8. The third kappa shape index (κ3) is 7.77. The van der Waals surface area contributed by atoms with Crippen molar-refractivity contribution in [3.8, 4) is 5.75 Å². The van der Waals surface area contributed by atoms with Crippen LogP contribution in [-0.4, -0.2) is 11.4 Å². The molecule has 0 spiro atoms. The van der Waals surface area contributed by atoms with Gasteiger partial charge in [0.15, 0.2) is 5.72 Å². The number of para-hydroxylation sites is 1. The molecule has 0 amide bonds. The highest BCUT2D eigenvalue weighted by Crippen LogP contribution is 2.47. The van der Waals surface area contributed by atoms with Crippen LogP contribution in [0.3, 0.4) is 0 Å². The van der Waals surface area contributed by atoms with E-state index in [0.29, 0.717) is 18.3 Å². The monoisotopic (exact) mass is 540 g/mol. The quantitative estimate of drug-likeness (QED) is 0.326. The highest BCUT2D eigenvalue weighted by Gasteiger charge is 2.39. The molecule has 0 bridgehead atoms. The molecule has 0 aliphatic carbocycles. The van der Waals surface area contributed by atoms with Crippen molar-refractivity contribution in [3.63, 3.8) is 0 Å². The van der Waals surface area contributed by atoms with E-state index in [4.69, 9.17) is 9.73 Å². The van der Waals surface area contributed by atoms with Crippen LogP contribution in [0.5, 0.6) is 5.75 Å². The molecule has 4 rings (SSSR count). The average molecular weight is 541 g/mol. The van der Waals surface area contributed by atoms with Gasteiger partial charge in [-0.05, 0) is 59.3 Å². The molecule has 3 nitrogen and oxygen atoms in total. The van der Waals surface area contributed by atoms with Crippen LogP contribution in [0.15, 0.2) is 71.7 Å². The second-order valence-corrected chi connectivity index (χ2v) is 14.1. The van der Waals surface area contributed by atoms with Gasteiger partial charge in [0, 0.05) is 17.7 Å². The van der Waals surface area contributed by atoms with E-state index < -0.39 is 5.72 Å². The number of nitrogens with one attached hydrogen (secondary N) is 1. The van der Waals surface area contributed by atoms with Crippen molar-refractivity contribution in [2.75, 3.05) is 5.32 Å². The zero-order valence-electron chi connectivity index (χ0n) is 27.1. The molecule has 40 heavy (non-hydrogen) atoms. The Morgan fingerprint density at radius 3 is 1.73 bits per heavy atom. The molecule has 0 unspecified atom stereocenters. The maximum Gasteiger partial charge on any atom is 0.183 e. The van der Waals surface area contributed by atoms with Crippen molar-refractivity contribution in [2.45, 2.75) is 118 Å². The summed E-state index contributed by atoms with van der Waals surface area (Å²) in [5.41, 5.74) is 8.04. The molecule has 1 heterocycles. The molecule has 0 radical (unpaired) electrons. The van der Waals surface area contributed by atoms with Crippen LogP contribution in [0, 0.1) is 0 Å². The lowest BCUT2D eigenvalue weighted by molar-refractivity contribution is 0.145. The first-order chi connectivity index (χ1) is 18.5. The minimum Gasteiger partial charge on any atom is -0.466 e. The summed E-state index contributed by atoms with van der Waals surface area (Å²) >= 11 is 0. The molecule has 0 aromatic heterocycles. The second-order valence-electron chi connectivity index (χ2n) is 14.1. The molecule has 0 fully saturated rings. The molecule has 0 saturated heterocycles. The van der Waals surface area contributed by atoms with Crippen LogP contribution in [0.4, 0.5) is 11.4 Å². The molecular formula is C37H52N2O. The fourth-order valence-corrected chi connectivity index (χ4v) is 5.18. The Balaban J connectivity index is 0.000000649. The maximum absolute atomic E-state index is 6.69. The Morgan fingerprint density at radius 1 is 0.800 bits per heavy atom. The van der Waals surface area contributed by atoms with Crippen molar-refractivity contribution in [2.24, 2.45) is 4.99 Å². The molecule has 0 saturated carbocycles. The lowest BCUT2D eigenvalue weighted by Gasteiger charge is -2.28. The Hall–Kier alpha value is -3.07. The summed E-state index contributed by atoms with van der Waals surface area (Å²) < 4.78 is 6.69. The van der Waals surface area contributed by atoms with Gasteiger partial charge in [0.2, 0.25) is 0 Å². The highest BCUT2D eigenvalue weighted by atomic mass is 16.5. The third-order valence-corrected chi connectivity index (χ3v) is 7.39. The van der Waals surface area contributed by atoms with E-state index in [1.807, 2.05) is 36.4 Å². The van der Waals surface area contributed by atoms with Crippen LogP contribution in [-0.2, 0) is 10.8 Å². The van der Waals surface area contributed by atoms with E-state index in [2.05, 4.69) is 119 Å². The Kier molecular flexibility index (Phi) is 9.60. The van der Waals surface area contributed by atoms with E-state index >= 15 is 0 Å². The lowest BCUT2D eigenvalue weighted by Crippen LogP contribution is -2.38. The largest absolute Gasteiger partial charge is 0.466 e. The van der Waals surface area contributed by atoms with Crippen molar-refractivity contribution in [1.29, 1.82) is 0 Å². The van der Waals surface area contributed by atoms with Crippen LogP contribution >= 0.6 is 0 Å². The summed E-state index contributed by atoms with van der Waals surface area (Å²) in [4.78, 5) is 5.20. The molecule has 1 aliphatic rings. The maximum atomic E-state index is 6.69. The van der Waals surface area contributed by atoms with Crippen molar-refractivity contribution in [1.82, 2.24) is 0 Å². The normalized spacial score (nSPS) is 17.2. The fraction of sp³-hybridized carbons (Fsp3) is 0.486. The van der Waals surface area contributed by atoms with Crippen LogP contribution < -0.4 is 10.1 Å². The number of hydrogen-bond donors (Lipinski definition) is 1. The molecule has 1 atom stereocenters. The SMILES string of the molecule is CC(C[C@@]1(C)Nc2cc(C(C)(C)C)cc(C(C)(C)C)c2O1)=Nc1c(C(C)C)cccc1C(C)C.c1ccccc1. The minimum absolute atomic E-state index is 0.0101. The van der Waals surface area contributed by atoms with Gasteiger partial charge in [0.1, 0.15) is 5.75 Å².